The zero-order chi connectivity index (χ0) is 18.8. The highest BCUT2D eigenvalue weighted by Gasteiger charge is 2.19. The molecular weight excluding hydrogens is 338 g/mol. The van der Waals surface area contributed by atoms with E-state index in [1.165, 1.54) is 23.9 Å². The van der Waals surface area contributed by atoms with Crippen LogP contribution in [0.3, 0.4) is 0 Å². The second-order valence-corrected chi connectivity index (χ2v) is 5.47. The first-order valence-electron chi connectivity index (χ1n) is 7.55. The summed E-state index contributed by atoms with van der Waals surface area (Å²) in [7, 11) is 1.29. The molecular formula is C18H15N3O5. The maximum Gasteiger partial charge on any atom is 0.315 e. The van der Waals surface area contributed by atoms with Gasteiger partial charge in [-0.05, 0) is 29.8 Å². The lowest BCUT2D eigenvalue weighted by Gasteiger charge is -2.05. The number of nitrogens with one attached hydrogen (secondary N) is 1. The normalized spacial score (nSPS) is 11.5. The Labute approximate surface area is 147 Å². The van der Waals surface area contributed by atoms with Crippen molar-refractivity contribution in [1.29, 1.82) is 0 Å². The lowest BCUT2D eigenvalue weighted by Crippen LogP contribution is -2.33. The quantitative estimate of drug-likeness (QED) is 0.538. The van der Waals surface area contributed by atoms with Gasteiger partial charge in [0.25, 0.3) is 5.56 Å². The molecule has 8 nitrogen and oxygen atoms in total. The van der Waals surface area contributed by atoms with Crippen LogP contribution < -0.4 is 20.9 Å². The van der Waals surface area contributed by atoms with Crippen molar-refractivity contribution < 1.29 is 14.8 Å². The van der Waals surface area contributed by atoms with Gasteiger partial charge in [-0.25, -0.2) is 4.68 Å². The van der Waals surface area contributed by atoms with Crippen molar-refractivity contribution >= 4 is 18.3 Å². The van der Waals surface area contributed by atoms with E-state index in [1.54, 1.807) is 24.3 Å². The van der Waals surface area contributed by atoms with E-state index in [1.807, 2.05) is 6.07 Å². The van der Waals surface area contributed by atoms with Crippen LogP contribution in [0.2, 0.25) is 0 Å². The molecule has 1 aromatic heterocycles. The van der Waals surface area contributed by atoms with Gasteiger partial charge in [0.05, 0.1) is 28.3 Å². The summed E-state index contributed by atoms with van der Waals surface area (Å²) in [5.41, 5.74) is 0.0971. The van der Waals surface area contributed by atoms with Gasteiger partial charge in [0.15, 0.2) is 5.75 Å². The van der Waals surface area contributed by atoms with Gasteiger partial charge in [0.1, 0.15) is 0 Å². The van der Waals surface area contributed by atoms with Crippen LogP contribution in [0.15, 0.2) is 47.3 Å². The molecule has 1 heterocycles. The molecule has 8 heteroatoms. The summed E-state index contributed by atoms with van der Waals surface area (Å²) < 4.78 is 6.30. The number of H-pyrrole nitrogens is 1. The highest BCUT2D eigenvalue weighted by Crippen LogP contribution is 2.36. The third-order valence-corrected chi connectivity index (χ3v) is 3.82. The van der Waals surface area contributed by atoms with Gasteiger partial charge in [-0.2, -0.15) is 0 Å². The number of phenols is 1. The third kappa shape index (κ3) is 2.95. The number of hydrogen-bond donors (Lipinski definition) is 2. The molecule has 0 spiro atoms. The van der Waals surface area contributed by atoms with Crippen LogP contribution in [-0.4, -0.2) is 26.9 Å². The zero-order valence-electron chi connectivity index (χ0n) is 13.8. The molecule has 3 rings (SSSR count). The number of nitro benzene ring substituents is 1. The van der Waals surface area contributed by atoms with Crippen LogP contribution in [0.1, 0.15) is 5.56 Å². The molecule has 0 atom stereocenters. The van der Waals surface area contributed by atoms with Crippen molar-refractivity contribution in [2.24, 2.45) is 0 Å². The fourth-order valence-electron chi connectivity index (χ4n) is 2.56. The maximum absolute atomic E-state index is 12.7. The van der Waals surface area contributed by atoms with Gasteiger partial charge in [-0.15, -0.1) is 0 Å². The fraction of sp³-hybridized carbons (Fsp3) is 0.0556. The van der Waals surface area contributed by atoms with Crippen molar-refractivity contribution in [1.82, 2.24) is 9.78 Å². The predicted molar refractivity (Wildman–Crippen MR) is 96.0 cm³/mol. The van der Waals surface area contributed by atoms with Gasteiger partial charge in [-0.1, -0.05) is 24.8 Å². The molecule has 3 aromatic rings. The van der Waals surface area contributed by atoms with Crippen LogP contribution in [0.25, 0.3) is 18.3 Å². The van der Waals surface area contributed by atoms with Crippen LogP contribution in [0, 0.1) is 10.1 Å². The largest absolute Gasteiger partial charge is 0.500 e. The van der Waals surface area contributed by atoms with E-state index in [-0.39, 0.29) is 16.5 Å². The second kappa shape index (κ2) is 6.60. The first-order valence-corrected chi connectivity index (χ1v) is 7.55. The summed E-state index contributed by atoms with van der Waals surface area (Å²) in [6.45, 7) is 3.82. The zero-order valence-corrected chi connectivity index (χ0v) is 13.8. The Morgan fingerprint density at radius 3 is 2.62 bits per heavy atom. The third-order valence-electron chi connectivity index (χ3n) is 3.82. The summed E-state index contributed by atoms with van der Waals surface area (Å²) in [5.74, 6) is -0.629. The van der Waals surface area contributed by atoms with Crippen molar-refractivity contribution in [2.75, 3.05) is 7.11 Å². The molecule has 0 saturated carbocycles. The number of methoxy groups -OCH3 is 1. The summed E-state index contributed by atoms with van der Waals surface area (Å²) in [6, 6.07) is 11.5. The Bertz CT molecular complexity index is 1150. The standard InChI is InChI=1S/C18H15N3O5/c1-11-14(18(23)20(19-11)13-6-4-3-5-7-13)8-12-9-15(21(24)25)17(22)16(10-12)26-2/h3-10,19,22H,1H2,2H3/b14-8+. The van der Waals surface area contributed by atoms with Crippen LogP contribution in [0.4, 0.5) is 5.69 Å². The number of nitrogens with zero attached hydrogens (tertiary/aromatic N) is 2. The minimum absolute atomic E-state index is 0.0602. The van der Waals surface area contributed by atoms with Crippen molar-refractivity contribution in [2.45, 2.75) is 0 Å². The van der Waals surface area contributed by atoms with Gasteiger partial charge >= 0.3 is 5.69 Å². The molecule has 0 radical (unpaired) electrons. The maximum atomic E-state index is 12.7. The van der Waals surface area contributed by atoms with Gasteiger partial charge in [0, 0.05) is 6.07 Å². The van der Waals surface area contributed by atoms with E-state index < -0.39 is 16.4 Å². The highest BCUT2D eigenvalue weighted by atomic mass is 16.6. The molecule has 0 saturated heterocycles. The van der Waals surface area contributed by atoms with E-state index in [4.69, 9.17) is 4.74 Å². The van der Waals surface area contributed by atoms with Crippen molar-refractivity contribution in [3.63, 3.8) is 0 Å². The molecule has 0 fully saturated rings. The number of aromatic amines is 1. The Balaban J connectivity index is 2.23. The van der Waals surface area contributed by atoms with Crippen LogP contribution in [-0.2, 0) is 0 Å². The minimum Gasteiger partial charge on any atom is -0.500 e. The van der Waals surface area contributed by atoms with Gasteiger partial charge in [-0.3, -0.25) is 20.0 Å². The number of aromatic hydroxyl groups is 1. The molecule has 0 bridgehead atoms. The molecule has 26 heavy (non-hydrogen) atoms. The number of ether oxygens (including phenoxy) is 1. The second-order valence-electron chi connectivity index (χ2n) is 5.47. The Morgan fingerprint density at radius 2 is 2.00 bits per heavy atom. The number of phenolic OH excluding ortho intramolecular Hbond substituents is 1. The molecule has 2 aromatic carbocycles. The monoisotopic (exact) mass is 353 g/mol. The first-order chi connectivity index (χ1) is 12.4. The van der Waals surface area contributed by atoms with Crippen LogP contribution >= 0.6 is 0 Å². The predicted octanol–water partition coefficient (Wildman–Crippen LogP) is 1.03. The number of benzene rings is 2. The molecule has 0 aliphatic rings. The smallest absolute Gasteiger partial charge is 0.315 e. The summed E-state index contributed by atoms with van der Waals surface area (Å²) in [5, 5.41) is 24.4. The molecule has 0 unspecified atom stereocenters. The average molecular weight is 353 g/mol. The lowest BCUT2D eigenvalue weighted by molar-refractivity contribution is -0.386. The molecule has 0 amide bonds. The van der Waals surface area contributed by atoms with Gasteiger partial charge in [0.2, 0.25) is 5.75 Å². The first kappa shape index (κ1) is 17.0. The topological polar surface area (TPSA) is 110 Å². The van der Waals surface area contributed by atoms with E-state index >= 15 is 0 Å². The molecule has 0 aliphatic carbocycles. The Hall–Kier alpha value is -3.81. The van der Waals surface area contributed by atoms with Crippen molar-refractivity contribution in [3.8, 4) is 17.2 Å². The SMILES string of the molecule is C=c1[nH]n(-c2ccccc2)c(=O)/c1=C/c1cc(OC)c(O)c([N+](=O)[O-])c1. The van der Waals surface area contributed by atoms with E-state index in [2.05, 4.69) is 11.7 Å². The Morgan fingerprint density at radius 1 is 1.31 bits per heavy atom. The number of rotatable bonds is 4. The average Bonchev–Trinajstić information content (AvgIpc) is 2.91. The Kier molecular flexibility index (Phi) is 4.32. The number of nitro groups is 1. The summed E-state index contributed by atoms with van der Waals surface area (Å²) in [4.78, 5) is 23.1. The lowest BCUT2D eigenvalue weighted by atomic mass is 10.1. The molecule has 2 N–H and O–H groups in total. The number of hydrogen-bond acceptors (Lipinski definition) is 5. The van der Waals surface area contributed by atoms with E-state index in [9.17, 15) is 20.0 Å². The van der Waals surface area contributed by atoms with Gasteiger partial charge < -0.3 is 9.84 Å². The highest BCUT2D eigenvalue weighted by molar-refractivity contribution is 5.64. The van der Waals surface area contributed by atoms with E-state index in [0.717, 1.165) is 6.07 Å². The summed E-state index contributed by atoms with van der Waals surface area (Å²) >= 11 is 0. The molecule has 0 aliphatic heterocycles. The number of aromatic nitrogens is 2. The molecule has 132 valence electrons. The van der Waals surface area contributed by atoms with Crippen LogP contribution in [0.5, 0.6) is 11.5 Å². The number of para-hydroxylation sites is 1. The van der Waals surface area contributed by atoms with E-state index in [0.29, 0.717) is 16.6 Å². The fourth-order valence-corrected chi connectivity index (χ4v) is 2.56. The minimum atomic E-state index is -0.723. The summed E-state index contributed by atoms with van der Waals surface area (Å²) in [6.07, 6.45) is 1.45. The van der Waals surface area contributed by atoms with Crippen molar-refractivity contribution in [3.05, 3.63) is 79.1 Å².